The molecule has 0 spiro atoms. The number of nitrogens with two attached hydrogens (primary N) is 1. The highest BCUT2D eigenvalue weighted by Crippen LogP contribution is 2.41. The van der Waals surface area contributed by atoms with Crippen LogP contribution in [0.2, 0.25) is 0 Å². The number of carboxylic acid groups (broad SMARTS) is 1. The van der Waals surface area contributed by atoms with Gasteiger partial charge < -0.3 is 47.2 Å². The maximum absolute atomic E-state index is 14.9. The first-order chi connectivity index (χ1) is 41.4. The van der Waals surface area contributed by atoms with Crippen LogP contribution in [0, 0.1) is 60.4 Å². The van der Waals surface area contributed by atoms with Crippen LogP contribution in [0.3, 0.4) is 0 Å². The normalized spacial score (nSPS) is 12.5. The molecule has 0 fully saturated rings. The zero-order valence-corrected chi connectivity index (χ0v) is 47.4. The molecule has 4 heterocycles. The van der Waals surface area contributed by atoms with E-state index >= 15 is 0 Å². The number of para-hydroxylation sites is 2. The summed E-state index contributed by atoms with van der Waals surface area (Å²) in [5.74, 6) is -8.40. The summed E-state index contributed by atoms with van der Waals surface area (Å²) in [5.41, 5.74) is 7.63. The van der Waals surface area contributed by atoms with Crippen molar-refractivity contribution in [1.29, 1.82) is 0 Å². The lowest BCUT2D eigenvalue weighted by Crippen LogP contribution is -2.43. The first-order valence-corrected chi connectivity index (χ1v) is 26.5. The molecule has 6 aromatic carbocycles. The van der Waals surface area contributed by atoms with Crippen LogP contribution in [-0.2, 0) is 13.1 Å². The van der Waals surface area contributed by atoms with E-state index < -0.39 is 81.9 Å². The summed E-state index contributed by atoms with van der Waals surface area (Å²) in [6.07, 6.45) is 0. The Labute approximate surface area is 492 Å². The Bertz CT molecular complexity index is 3910. The smallest absolute Gasteiger partial charge is 0.335 e. The molecule has 8 N–H and O–H groups in total. The second-order valence-electron chi connectivity index (χ2n) is 20.1. The van der Waals surface area contributed by atoms with Gasteiger partial charge in [-0.15, -0.1) is 0 Å². The quantitative estimate of drug-likeness (QED) is 0.0373. The number of rotatable bonds is 15. The number of fused-ring (bicyclic) bond motifs is 2. The molecule has 10 rings (SSSR count). The van der Waals surface area contributed by atoms with Gasteiger partial charge >= 0.3 is 18.0 Å². The Morgan fingerprint density at radius 2 is 0.989 bits per heavy atom. The highest BCUT2D eigenvalue weighted by atomic mass is 19.2. The van der Waals surface area contributed by atoms with Crippen LogP contribution in [0.25, 0.3) is 22.5 Å². The number of carbonyl (C=O) groups excluding carboxylic acids is 3. The summed E-state index contributed by atoms with van der Waals surface area (Å²) in [4.78, 5) is 74.4. The fourth-order valence-electron chi connectivity index (χ4n) is 8.84. The standard InChI is InChI=1S/C30H27F4N7O2.C24H24F2N6O3.C6H5F2N/c1-16-7-8-17(28(42)37-24-10-9-18(31)14-23(24)34)13-19(16)25-20-15-36-30(43)41(26-21(32)5-4-6-22(26)33)27(20)39-29(38-25)35-11-12-40(2)3;1-13-7-8-14(22(33)34)11-15(13)19-16-12-28-24(35)32(20-17(25)5-4-6-18(20)26)21(16)30-23(29-19)27-9-10-31(2)3;7-4-1-2-6(9)5(8)3-4/h4-10,13-14H,11-12,15H2,1-3H3,(H,36,43)(H,37,42)(H,35,38,39);4-8,11H,9-10,12H2,1-3H3,(H,28,35)(H,33,34)(H,27,29,30);1-3H,9H2. The Morgan fingerprint density at radius 3 is 1.40 bits per heavy atom. The van der Waals surface area contributed by atoms with Gasteiger partial charge in [-0.2, -0.15) is 9.97 Å². The van der Waals surface area contributed by atoms with Crippen LogP contribution < -0.4 is 42.1 Å². The summed E-state index contributed by atoms with van der Waals surface area (Å²) in [6.45, 7) is 5.63. The zero-order chi connectivity index (χ0) is 63.0. The fraction of sp³-hybridized carbons (Fsp3) is 0.200. The monoisotopic (exact) mass is 1200 g/mol. The molecule has 2 aliphatic rings. The van der Waals surface area contributed by atoms with Gasteiger partial charge in [-0.05, 0) is 126 Å². The first-order valence-electron chi connectivity index (χ1n) is 26.5. The number of halogens is 8. The Hall–Kier alpha value is -10.3. The lowest BCUT2D eigenvalue weighted by atomic mass is 9.97. The number of nitrogens with one attached hydrogen (secondary N) is 5. The average Bonchev–Trinajstić information content (AvgIpc) is 0.995. The number of hydrogen-bond donors (Lipinski definition) is 7. The third kappa shape index (κ3) is 14.6. The van der Waals surface area contributed by atoms with Gasteiger partial charge in [-0.25, -0.2) is 69.3 Å². The van der Waals surface area contributed by atoms with Crippen molar-refractivity contribution in [2.24, 2.45) is 0 Å². The number of anilines is 8. The second-order valence-corrected chi connectivity index (χ2v) is 20.1. The minimum atomic E-state index is -1.11. The fourth-order valence-corrected chi connectivity index (χ4v) is 8.84. The SMILES string of the molecule is Cc1ccc(C(=O)Nc2ccc(F)cc2F)cc1-c1nc(NCCN(C)C)nc2c1CNC(=O)N2c1c(F)cccc1F.Cc1ccc(C(=O)O)cc1-c1nc(NCCN(C)C)nc2c1CNC(=O)N2c1c(F)cccc1F.Nc1ccc(F)cc1F. The predicted molar refractivity (Wildman–Crippen MR) is 312 cm³/mol. The van der Waals surface area contributed by atoms with Gasteiger partial charge in [-0.1, -0.05) is 24.3 Å². The number of likely N-dealkylation sites (N-methyl/N-ethyl adjacent to an activating group) is 2. The van der Waals surface area contributed by atoms with Crippen molar-refractivity contribution in [2.75, 3.05) is 85.9 Å². The van der Waals surface area contributed by atoms with Crippen molar-refractivity contribution >= 4 is 70.2 Å². The van der Waals surface area contributed by atoms with Crippen LogP contribution in [0.4, 0.5) is 91.0 Å². The van der Waals surface area contributed by atoms with Crippen molar-refractivity contribution in [2.45, 2.75) is 26.9 Å². The molecule has 0 bridgehead atoms. The number of benzene rings is 6. The number of nitrogens with zero attached hydrogens (tertiary/aromatic N) is 8. The molecule has 2 aliphatic heterocycles. The van der Waals surface area contributed by atoms with Gasteiger partial charge in [0.15, 0.2) is 11.6 Å². The van der Waals surface area contributed by atoms with Crippen LogP contribution in [-0.4, -0.2) is 113 Å². The molecule has 87 heavy (non-hydrogen) atoms. The average molecular weight is 1210 g/mol. The van der Waals surface area contributed by atoms with Crippen molar-refractivity contribution in [3.63, 3.8) is 0 Å². The van der Waals surface area contributed by atoms with Gasteiger partial charge in [0.05, 0.1) is 41.4 Å². The Balaban J connectivity index is 0.000000200. The molecule has 0 saturated heterocycles. The molecule has 0 radical (unpaired) electrons. The maximum Gasteiger partial charge on any atom is 0.335 e. The second kappa shape index (κ2) is 27.2. The minimum Gasteiger partial charge on any atom is -0.478 e. The Morgan fingerprint density at radius 1 is 0.563 bits per heavy atom. The molecule has 8 aromatic rings. The van der Waals surface area contributed by atoms with E-state index in [4.69, 9.17) is 5.73 Å². The van der Waals surface area contributed by atoms with E-state index in [1.54, 1.807) is 26.0 Å². The number of carboxylic acids is 1. The van der Waals surface area contributed by atoms with E-state index in [1.165, 1.54) is 42.5 Å². The highest BCUT2D eigenvalue weighted by molar-refractivity contribution is 6.06. The minimum absolute atomic E-state index is 0.00914. The molecule has 0 unspecified atom stereocenters. The first kappa shape index (κ1) is 62.8. The number of aryl methyl sites for hydroxylation is 2. The molecule has 2 aromatic heterocycles. The third-order valence-electron chi connectivity index (χ3n) is 13.3. The number of nitrogen functional groups attached to an aromatic ring is 1. The number of hydrogen-bond acceptors (Lipinski definition) is 13. The molecule has 0 aliphatic carbocycles. The number of carbonyl (C=O) groups is 4. The lowest BCUT2D eigenvalue weighted by molar-refractivity contribution is 0.0696. The molecule has 5 amide bonds. The van der Waals surface area contributed by atoms with Gasteiger partial charge in [0.1, 0.15) is 57.9 Å². The van der Waals surface area contributed by atoms with Crippen molar-refractivity contribution in [1.82, 2.24) is 40.4 Å². The molecular formula is C60H56F8N14O5. The predicted octanol–water partition coefficient (Wildman–Crippen LogP) is 10.9. The van der Waals surface area contributed by atoms with E-state index in [2.05, 4.69) is 46.5 Å². The van der Waals surface area contributed by atoms with E-state index in [0.717, 1.165) is 63.9 Å². The summed E-state index contributed by atoms with van der Waals surface area (Å²) in [7, 11) is 7.56. The van der Waals surface area contributed by atoms with Gasteiger partial charge in [0.2, 0.25) is 11.9 Å². The van der Waals surface area contributed by atoms with Crippen LogP contribution in [0.1, 0.15) is 43.0 Å². The third-order valence-corrected chi connectivity index (χ3v) is 13.3. The van der Waals surface area contributed by atoms with Crippen molar-refractivity contribution in [3.05, 3.63) is 189 Å². The van der Waals surface area contributed by atoms with Gasteiger partial charge in [0, 0.05) is 66.1 Å². The number of aromatic nitrogens is 4. The highest BCUT2D eigenvalue weighted by Gasteiger charge is 2.36. The number of urea groups is 2. The summed E-state index contributed by atoms with van der Waals surface area (Å²) >= 11 is 0. The van der Waals surface area contributed by atoms with E-state index in [1.807, 2.05) is 38.0 Å². The molecule has 19 nitrogen and oxygen atoms in total. The summed E-state index contributed by atoms with van der Waals surface area (Å²) < 4.78 is 111. The van der Waals surface area contributed by atoms with Crippen LogP contribution in [0.5, 0.6) is 0 Å². The largest absolute Gasteiger partial charge is 0.478 e. The zero-order valence-electron chi connectivity index (χ0n) is 47.4. The molecule has 27 heteroatoms. The number of aromatic carboxylic acids is 1. The van der Waals surface area contributed by atoms with Crippen molar-refractivity contribution in [3.8, 4) is 22.5 Å². The van der Waals surface area contributed by atoms with Crippen LogP contribution >= 0.6 is 0 Å². The lowest BCUT2D eigenvalue weighted by Gasteiger charge is -2.31. The molecular weight excluding hydrogens is 1150 g/mol. The maximum atomic E-state index is 14.9. The molecule has 0 saturated carbocycles. The van der Waals surface area contributed by atoms with Crippen LogP contribution in [0.15, 0.2) is 109 Å². The van der Waals surface area contributed by atoms with Gasteiger partial charge in [-0.3, -0.25) is 4.79 Å². The van der Waals surface area contributed by atoms with E-state index in [0.29, 0.717) is 71.5 Å². The Kier molecular flexibility index (Phi) is 19.6. The number of amides is 5. The topological polar surface area (TPSA) is 239 Å². The molecule has 452 valence electrons. The summed E-state index contributed by atoms with van der Waals surface area (Å²) in [5, 5.41) is 23.3. The van der Waals surface area contributed by atoms with E-state index in [9.17, 15) is 59.4 Å². The van der Waals surface area contributed by atoms with E-state index in [-0.39, 0.29) is 59.1 Å². The summed E-state index contributed by atoms with van der Waals surface area (Å²) in [6, 6.07) is 20.2. The van der Waals surface area contributed by atoms with Crippen molar-refractivity contribution < 1.29 is 59.4 Å². The molecule has 0 atom stereocenters. The van der Waals surface area contributed by atoms with Gasteiger partial charge in [0.25, 0.3) is 5.91 Å².